The molecule has 130 valence electrons. The third-order valence-corrected chi connectivity index (χ3v) is 4.34. The van der Waals surface area contributed by atoms with Gasteiger partial charge in [-0.15, -0.1) is 0 Å². The lowest BCUT2D eigenvalue weighted by molar-refractivity contribution is 0.0858. The molecule has 1 aromatic rings. The van der Waals surface area contributed by atoms with Crippen LogP contribution in [0, 0.1) is 5.41 Å². The minimum absolute atomic E-state index is 0.0992. The first-order chi connectivity index (χ1) is 10.9. The van der Waals surface area contributed by atoms with Crippen LogP contribution in [0.5, 0.6) is 17.2 Å². The maximum Gasteiger partial charge on any atom is 0.203 e. The molecule has 23 heavy (non-hydrogen) atoms. The molecule has 0 aliphatic carbocycles. The van der Waals surface area contributed by atoms with Gasteiger partial charge in [0.15, 0.2) is 11.5 Å². The molecule has 1 heterocycles. The smallest absolute Gasteiger partial charge is 0.203 e. The summed E-state index contributed by atoms with van der Waals surface area (Å²) < 4.78 is 16.5. The molecule has 5 nitrogen and oxygen atoms in total. The molecule has 1 saturated heterocycles. The summed E-state index contributed by atoms with van der Waals surface area (Å²) in [6.45, 7) is 11.0. The fourth-order valence-corrected chi connectivity index (χ4v) is 3.46. The average molecular weight is 322 g/mol. The van der Waals surface area contributed by atoms with Crippen LogP contribution in [-0.4, -0.2) is 52.4 Å². The molecule has 1 fully saturated rings. The van der Waals surface area contributed by atoms with Gasteiger partial charge in [-0.3, -0.25) is 4.90 Å². The van der Waals surface area contributed by atoms with E-state index in [-0.39, 0.29) is 5.41 Å². The molecule has 0 spiro atoms. The SMILES string of the molecule is COc1cc([C@@H](N2CCNCC2)C(C)(C)C)cc(OC)c1OC. The van der Waals surface area contributed by atoms with Crippen molar-refractivity contribution in [2.75, 3.05) is 47.5 Å². The van der Waals surface area contributed by atoms with Crippen LogP contribution in [0.4, 0.5) is 0 Å². The van der Waals surface area contributed by atoms with Gasteiger partial charge in [0.1, 0.15) is 0 Å². The van der Waals surface area contributed by atoms with Gasteiger partial charge in [-0.05, 0) is 23.1 Å². The molecule has 0 unspecified atom stereocenters. The lowest BCUT2D eigenvalue weighted by Gasteiger charge is -2.42. The summed E-state index contributed by atoms with van der Waals surface area (Å²) in [5, 5.41) is 3.42. The van der Waals surface area contributed by atoms with Gasteiger partial charge >= 0.3 is 0 Å². The Hall–Kier alpha value is -1.46. The second-order valence-corrected chi connectivity index (χ2v) is 7.01. The molecule has 0 radical (unpaired) electrons. The Balaban J connectivity index is 2.49. The maximum absolute atomic E-state index is 5.53. The first-order valence-electron chi connectivity index (χ1n) is 8.17. The number of hydrogen-bond donors (Lipinski definition) is 1. The van der Waals surface area contributed by atoms with Crippen LogP contribution in [0.2, 0.25) is 0 Å². The van der Waals surface area contributed by atoms with Gasteiger partial charge in [0.05, 0.1) is 21.3 Å². The van der Waals surface area contributed by atoms with Crippen LogP contribution in [0.1, 0.15) is 32.4 Å². The third kappa shape index (κ3) is 3.90. The van der Waals surface area contributed by atoms with Crippen molar-refractivity contribution < 1.29 is 14.2 Å². The lowest BCUT2D eigenvalue weighted by atomic mass is 9.80. The normalized spacial score (nSPS) is 17.7. The van der Waals surface area contributed by atoms with Crippen molar-refractivity contribution in [1.29, 1.82) is 0 Å². The Labute approximate surface area is 139 Å². The molecule has 1 aliphatic rings. The average Bonchev–Trinajstić information content (AvgIpc) is 2.53. The minimum Gasteiger partial charge on any atom is -0.493 e. The molecule has 0 amide bonds. The summed E-state index contributed by atoms with van der Waals surface area (Å²) in [4.78, 5) is 2.54. The Bertz CT molecular complexity index is 494. The van der Waals surface area contributed by atoms with Crippen molar-refractivity contribution in [3.63, 3.8) is 0 Å². The third-order valence-electron chi connectivity index (χ3n) is 4.34. The number of hydrogen-bond acceptors (Lipinski definition) is 5. The fourth-order valence-electron chi connectivity index (χ4n) is 3.46. The van der Waals surface area contributed by atoms with E-state index in [4.69, 9.17) is 14.2 Å². The van der Waals surface area contributed by atoms with Crippen LogP contribution < -0.4 is 19.5 Å². The maximum atomic E-state index is 5.53. The fraction of sp³-hybridized carbons (Fsp3) is 0.667. The predicted octanol–water partition coefficient (Wildman–Crippen LogP) is 2.70. The highest BCUT2D eigenvalue weighted by atomic mass is 16.5. The van der Waals surface area contributed by atoms with E-state index in [2.05, 4.69) is 43.1 Å². The van der Waals surface area contributed by atoms with Crippen molar-refractivity contribution in [2.24, 2.45) is 5.41 Å². The summed E-state index contributed by atoms with van der Waals surface area (Å²) in [7, 11) is 4.97. The highest BCUT2D eigenvalue weighted by Crippen LogP contribution is 2.45. The van der Waals surface area contributed by atoms with Gasteiger partial charge < -0.3 is 19.5 Å². The Morgan fingerprint density at radius 1 is 0.957 bits per heavy atom. The Kier molecular flexibility index (Phi) is 5.76. The van der Waals surface area contributed by atoms with Crippen LogP contribution in [0.25, 0.3) is 0 Å². The van der Waals surface area contributed by atoms with Gasteiger partial charge in [-0.25, -0.2) is 0 Å². The molecule has 1 N–H and O–H groups in total. The highest BCUT2D eigenvalue weighted by molar-refractivity contribution is 5.54. The number of benzene rings is 1. The lowest BCUT2D eigenvalue weighted by Crippen LogP contribution is -2.48. The van der Waals surface area contributed by atoms with Crippen LogP contribution in [0.15, 0.2) is 12.1 Å². The highest BCUT2D eigenvalue weighted by Gasteiger charge is 2.34. The van der Waals surface area contributed by atoms with E-state index in [0.29, 0.717) is 23.3 Å². The second-order valence-electron chi connectivity index (χ2n) is 7.01. The number of ether oxygens (including phenoxy) is 3. The van der Waals surface area contributed by atoms with Crippen molar-refractivity contribution >= 4 is 0 Å². The van der Waals surface area contributed by atoms with E-state index < -0.39 is 0 Å². The van der Waals surface area contributed by atoms with Gasteiger partial charge in [-0.2, -0.15) is 0 Å². The van der Waals surface area contributed by atoms with Crippen molar-refractivity contribution in [3.8, 4) is 17.2 Å². The summed E-state index contributed by atoms with van der Waals surface area (Å²) in [5.74, 6) is 2.07. The number of rotatable bonds is 5. The van der Waals surface area contributed by atoms with Crippen molar-refractivity contribution in [3.05, 3.63) is 17.7 Å². The molecule has 0 saturated carbocycles. The van der Waals surface area contributed by atoms with E-state index in [1.807, 2.05) is 0 Å². The van der Waals surface area contributed by atoms with Crippen LogP contribution >= 0.6 is 0 Å². The zero-order valence-electron chi connectivity index (χ0n) is 15.2. The first-order valence-corrected chi connectivity index (χ1v) is 8.17. The van der Waals surface area contributed by atoms with E-state index in [0.717, 1.165) is 26.2 Å². The summed E-state index contributed by atoms with van der Waals surface area (Å²) >= 11 is 0. The van der Waals surface area contributed by atoms with Gasteiger partial charge in [0.2, 0.25) is 5.75 Å². The van der Waals surface area contributed by atoms with Crippen LogP contribution in [-0.2, 0) is 0 Å². The largest absolute Gasteiger partial charge is 0.493 e. The van der Waals surface area contributed by atoms with Gasteiger partial charge in [0, 0.05) is 32.2 Å². The van der Waals surface area contributed by atoms with Crippen LogP contribution in [0.3, 0.4) is 0 Å². The van der Waals surface area contributed by atoms with Crippen molar-refractivity contribution in [2.45, 2.75) is 26.8 Å². The summed E-state index contributed by atoms with van der Waals surface area (Å²) in [5.41, 5.74) is 1.30. The number of nitrogens with one attached hydrogen (secondary N) is 1. The van der Waals surface area contributed by atoms with E-state index >= 15 is 0 Å². The predicted molar refractivity (Wildman–Crippen MR) is 92.7 cm³/mol. The van der Waals surface area contributed by atoms with E-state index in [9.17, 15) is 0 Å². The zero-order chi connectivity index (χ0) is 17.0. The second kappa shape index (κ2) is 7.41. The van der Waals surface area contributed by atoms with Gasteiger partial charge in [-0.1, -0.05) is 20.8 Å². The Morgan fingerprint density at radius 3 is 1.87 bits per heavy atom. The number of methoxy groups -OCH3 is 3. The zero-order valence-corrected chi connectivity index (χ0v) is 15.2. The quantitative estimate of drug-likeness (QED) is 0.903. The summed E-state index contributed by atoms with van der Waals surface area (Å²) in [6, 6.07) is 4.46. The molecule has 5 heteroatoms. The molecule has 1 atom stereocenters. The van der Waals surface area contributed by atoms with E-state index in [1.165, 1.54) is 5.56 Å². The topological polar surface area (TPSA) is 43.0 Å². The minimum atomic E-state index is 0.0992. The molecular formula is C18H30N2O3. The molecule has 2 rings (SSSR count). The molecular weight excluding hydrogens is 292 g/mol. The molecule has 0 aromatic heterocycles. The van der Waals surface area contributed by atoms with E-state index in [1.54, 1.807) is 21.3 Å². The Morgan fingerprint density at radius 2 is 1.48 bits per heavy atom. The van der Waals surface area contributed by atoms with Crippen molar-refractivity contribution in [1.82, 2.24) is 10.2 Å². The standard InChI is InChI=1S/C18H30N2O3/c1-18(2,3)17(20-9-7-19-8-10-20)13-11-14(21-4)16(23-6)15(12-13)22-5/h11-12,17,19H,7-10H2,1-6H3/t17-/m1/s1. The molecule has 1 aliphatic heterocycles. The molecule has 0 bridgehead atoms. The number of piperazine rings is 1. The molecule has 1 aromatic carbocycles. The number of nitrogens with zero attached hydrogens (tertiary/aromatic N) is 1. The first kappa shape index (κ1) is 17.9. The monoisotopic (exact) mass is 322 g/mol. The van der Waals surface area contributed by atoms with Gasteiger partial charge in [0.25, 0.3) is 0 Å². The summed E-state index contributed by atoms with van der Waals surface area (Å²) in [6.07, 6.45) is 0.